The first kappa shape index (κ1) is 16.3. The molecule has 2 heterocycles. The van der Waals surface area contributed by atoms with Gasteiger partial charge in [-0.3, -0.25) is 9.59 Å². The van der Waals surface area contributed by atoms with Gasteiger partial charge in [-0.05, 0) is 31.9 Å². The average Bonchev–Trinajstić information content (AvgIpc) is 2.55. The maximum absolute atomic E-state index is 12.3. The Morgan fingerprint density at radius 3 is 3.00 bits per heavy atom. The Morgan fingerprint density at radius 2 is 2.32 bits per heavy atom. The summed E-state index contributed by atoms with van der Waals surface area (Å²) in [6.45, 7) is 3.39. The molecule has 6 heteroatoms. The number of aromatic nitrogens is 1. The molecule has 6 nitrogen and oxygen atoms in total. The van der Waals surface area contributed by atoms with Gasteiger partial charge in [-0.15, -0.1) is 0 Å². The summed E-state index contributed by atoms with van der Waals surface area (Å²) in [5.74, 6) is 0.516. The lowest BCUT2D eigenvalue weighted by molar-refractivity contribution is -0.141. The number of pyridine rings is 1. The third kappa shape index (κ3) is 4.44. The zero-order chi connectivity index (χ0) is 15.9. The summed E-state index contributed by atoms with van der Waals surface area (Å²) in [5, 5.41) is 2.90. The van der Waals surface area contributed by atoms with E-state index in [4.69, 9.17) is 0 Å². The largest absolute Gasteiger partial charge is 0.469 e. The van der Waals surface area contributed by atoms with Gasteiger partial charge in [-0.2, -0.15) is 0 Å². The van der Waals surface area contributed by atoms with Gasteiger partial charge in [-0.25, -0.2) is 4.98 Å². The van der Waals surface area contributed by atoms with Crippen molar-refractivity contribution in [2.24, 2.45) is 5.92 Å². The van der Waals surface area contributed by atoms with Gasteiger partial charge >= 0.3 is 5.97 Å². The normalized spacial score (nSPS) is 19.4. The summed E-state index contributed by atoms with van der Waals surface area (Å²) in [5.41, 5.74) is 0. The first-order valence-electron chi connectivity index (χ1n) is 7.63. The highest BCUT2D eigenvalue weighted by Crippen LogP contribution is 2.21. The van der Waals surface area contributed by atoms with Gasteiger partial charge in [0, 0.05) is 25.3 Å². The molecule has 22 heavy (non-hydrogen) atoms. The highest BCUT2D eigenvalue weighted by atomic mass is 16.5. The molecule has 1 aliphatic heterocycles. The van der Waals surface area contributed by atoms with E-state index in [0.29, 0.717) is 6.54 Å². The van der Waals surface area contributed by atoms with Crippen molar-refractivity contribution < 1.29 is 14.3 Å². The zero-order valence-electron chi connectivity index (χ0n) is 13.1. The number of hydrogen-bond donors (Lipinski definition) is 1. The number of anilines is 1. The third-order valence-electron chi connectivity index (χ3n) is 3.85. The Kier molecular flexibility index (Phi) is 5.75. The van der Waals surface area contributed by atoms with Crippen LogP contribution in [0.5, 0.6) is 0 Å². The van der Waals surface area contributed by atoms with Crippen LogP contribution in [0.3, 0.4) is 0 Å². The van der Waals surface area contributed by atoms with E-state index in [2.05, 4.69) is 19.9 Å². The van der Waals surface area contributed by atoms with Crippen molar-refractivity contribution in [2.75, 3.05) is 25.1 Å². The summed E-state index contributed by atoms with van der Waals surface area (Å²) in [4.78, 5) is 30.1. The Labute approximate surface area is 130 Å². The average molecular weight is 305 g/mol. The molecule has 0 unspecified atom stereocenters. The fourth-order valence-electron chi connectivity index (χ4n) is 2.69. The molecular formula is C16H23N3O3. The van der Waals surface area contributed by atoms with Crippen LogP contribution in [-0.4, -0.2) is 43.1 Å². The highest BCUT2D eigenvalue weighted by molar-refractivity contribution is 5.80. The van der Waals surface area contributed by atoms with Crippen molar-refractivity contribution in [1.29, 1.82) is 0 Å². The van der Waals surface area contributed by atoms with Gasteiger partial charge in [0.25, 0.3) is 0 Å². The molecule has 2 atom stereocenters. The van der Waals surface area contributed by atoms with E-state index in [1.807, 2.05) is 25.1 Å². The fourth-order valence-corrected chi connectivity index (χ4v) is 2.69. The number of esters is 1. The van der Waals surface area contributed by atoms with E-state index in [0.717, 1.165) is 25.2 Å². The van der Waals surface area contributed by atoms with Crippen LogP contribution in [0.15, 0.2) is 24.4 Å². The molecule has 1 aromatic rings. The van der Waals surface area contributed by atoms with Gasteiger partial charge < -0.3 is 15.0 Å². The van der Waals surface area contributed by atoms with Crippen molar-refractivity contribution in [3.8, 4) is 0 Å². The van der Waals surface area contributed by atoms with Crippen LogP contribution in [0.4, 0.5) is 5.82 Å². The van der Waals surface area contributed by atoms with Crippen LogP contribution in [0, 0.1) is 5.92 Å². The van der Waals surface area contributed by atoms with Crippen LogP contribution in [0.1, 0.15) is 26.2 Å². The summed E-state index contributed by atoms with van der Waals surface area (Å²) in [6, 6.07) is 5.57. The lowest BCUT2D eigenvalue weighted by Gasteiger charge is -2.33. The minimum atomic E-state index is -0.313. The lowest BCUT2D eigenvalue weighted by atomic mass is 9.96. The molecule has 1 aliphatic rings. The molecule has 120 valence electrons. The van der Waals surface area contributed by atoms with Gasteiger partial charge in [0.15, 0.2) is 0 Å². The van der Waals surface area contributed by atoms with Crippen LogP contribution < -0.4 is 10.2 Å². The number of nitrogens with zero attached hydrogens (tertiary/aromatic N) is 2. The Balaban J connectivity index is 1.89. The third-order valence-corrected chi connectivity index (χ3v) is 3.85. The second-order valence-corrected chi connectivity index (χ2v) is 5.66. The van der Waals surface area contributed by atoms with Crippen LogP contribution in [0.2, 0.25) is 0 Å². The first-order valence-corrected chi connectivity index (χ1v) is 7.63. The van der Waals surface area contributed by atoms with E-state index in [1.54, 1.807) is 6.20 Å². The van der Waals surface area contributed by atoms with Crippen LogP contribution in [-0.2, 0) is 14.3 Å². The van der Waals surface area contributed by atoms with Crippen molar-refractivity contribution in [3.05, 3.63) is 24.4 Å². The molecule has 1 amide bonds. The van der Waals surface area contributed by atoms with Crippen molar-refractivity contribution in [1.82, 2.24) is 10.3 Å². The molecule has 0 spiro atoms. The number of carbonyl (C=O) groups is 2. The van der Waals surface area contributed by atoms with E-state index in [-0.39, 0.29) is 30.3 Å². The fraction of sp³-hybridized carbons (Fsp3) is 0.562. The summed E-state index contributed by atoms with van der Waals surface area (Å²) in [6.07, 6.45) is 3.77. The van der Waals surface area contributed by atoms with E-state index < -0.39 is 0 Å². The van der Waals surface area contributed by atoms with Gasteiger partial charge in [-0.1, -0.05) is 6.07 Å². The van der Waals surface area contributed by atoms with E-state index in [1.165, 1.54) is 7.11 Å². The van der Waals surface area contributed by atoms with Crippen molar-refractivity contribution in [3.63, 3.8) is 0 Å². The predicted molar refractivity (Wildman–Crippen MR) is 83.4 cm³/mol. The number of piperidine rings is 1. The number of nitrogens with one attached hydrogen (secondary N) is 1. The maximum atomic E-state index is 12.3. The Hall–Kier alpha value is -2.11. The van der Waals surface area contributed by atoms with Gasteiger partial charge in [0.1, 0.15) is 5.82 Å². The number of amides is 1. The van der Waals surface area contributed by atoms with Gasteiger partial charge in [0.05, 0.1) is 19.4 Å². The number of hydrogen-bond acceptors (Lipinski definition) is 5. The zero-order valence-corrected chi connectivity index (χ0v) is 13.1. The first-order chi connectivity index (χ1) is 10.6. The van der Waals surface area contributed by atoms with E-state index >= 15 is 0 Å². The molecule has 0 bridgehead atoms. The van der Waals surface area contributed by atoms with E-state index in [9.17, 15) is 9.59 Å². The SMILES string of the molecule is COC(=O)C[C@@H](C)NC(=O)[C@@H]1CCCN(c2ccccn2)C1. The van der Waals surface area contributed by atoms with Crippen molar-refractivity contribution in [2.45, 2.75) is 32.2 Å². The summed E-state index contributed by atoms with van der Waals surface area (Å²) >= 11 is 0. The quantitative estimate of drug-likeness (QED) is 0.832. The minimum Gasteiger partial charge on any atom is -0.469 e. The molecule has 2 rings (SSSR count). The molecule has 0 aliphatic carbocycles. The number of carbonyl (C=O) groups excluding carboxylic acids is 2. The lowest BCUT2D eigenvalue weighted by Crippen LogP contribution is -2.46. The summed E-state index contributed by atoms with van der Waals surface area (Å²) < 4.78 is 4.62. The molecule has 1 fully saturated rings. The maximum Gasteiger partial charge on any atom is 0.307 e. The molecule has 0 aromatic carbocycles. The monoisotopic (exact) mass is 305 g/mol. The molecule has 0 radical (unpaired) electrons. The Bertz CT molecular complexity index is 507. The Morgan fingerprint density at radius 1 is 1.50 bits per heavy atom. The second-order valence-electron chi connectivity index (χ2n) is 5.66. The van der Waals surface area contributed by atoms with Gasteiger partial charge in [0.2, 0.25) is 5.91 Å². The topological polar surface area (TPSA) is 71.5 Å². The molecule has 1 N–H and O–H groups in total. The molecule has 1 saturated heterocycles. The number of methoxy groups -OCH3 is 1. The highest BCUT2D eigenvalue weighted by Gasteiger charge is 2.27. The molecule has 0 saturated carbocycles. The van der Waals surface area contributed by atoms with Crippen LogP contribution in [0.25, 0.3) is 0 Å². The number of rotatable bonds is 5. The predicted octanol–water partition coefficient (Wildman–Crippen LogP) is 1.37. The minimum absolute atomic E-state index is 0.00275. The van der Waals surface area contributed by atoms with Crippen LogP contribution >= 0.6 is 0 Å². The number of ether oxygens (including phenoxy) is 1. The van der Waals surface area contributed by atoms with Crippen molar-refractivity contribution >= 4 is 17.7 Å². The molecule has 1 aromatic heterocycles. The standard InChI is InChI=1S/C16H23N3O3/c1-12(10-15(20)22-2)18-16(21)13-6-5-9-19(11-13)14-7-3-4-8-17-14/h3-4,7-8,12-13H,5-6,9-11H2,1-2H3,(H,18,21)/t12-,13-/m1/s1. The smallest absolute Gasteiger partial charge is 0.307 e. The molecular weight excluding hydrogens is 282 g/mol. The summed E-state index contributed by atoms with van der Waals surface area (Å²) in [7, 11) is 1.35. The second kappa shape index (κ2) is 7.77.